The summed E-state index contributed by atoms with van der Waals surface area (Å²) in [6, 6.07) is 5.18. The number of ether oxygens (including phenoxy) is 2. The number of benzene rings is 1. The molecule has 0 aliphatic rings. The highest BCUT2D eigenvalue weighted by Crippen LogP contribution is 2.28. The second-order valence-corrected chi connectivity index (χ2v) is 6.46. The maximum absolute atomic E-state index is 11.0. The molecule has 0 fully saturated rings. The molecule has 0 unspecified atom stereocenters. The van der Waals surface area contributed by atoms with E-state index in [4.69, 9.17) is 14.6 Å². The summed E-state index contributed by atoms with van der Waals surface area (Å²) >= 11 is 0. The van der Waals surface area contributed by atoms with Crippen LogP contribution in [0.15, 0.2) is 18.2 Å². The van der Waals surface area contributed by atoms with Gasteiger partial charge in [-0.05, 0) is 31.0 Å². The molecule has 0 bridgehead atoms. The Hall–Kier alpha value is -1.27. The van der Waals surface area contributed by atoms with Gasteiger partial charge in [-0.1, -0.05) is 6.07 Å². The number of aliphatic hydroxyl groups is 1. The van der Waals surface area contributed by atoms with Gasteiger partial charge in [-0.15, -0.1) is 0 Å². The van der Waals surface area contributed by atoms with Gasteiger partial charge in [0.25, 0.3) is 0 Å². The van der Waals surface area contributed by atoms with Gasteiger partial charge in [0, 0.05) is 6.26 Å². The molecule has 0 aliphatic heterocycles. The molecule has 0 amide bonds. The number of aliphatic hydroxyl groups excluding tert-OH is 1. The number of sulfone groups is 1. The normalized spacial score (nSPS) is 11.3. The quantitative estimate of drug-likeness (QED) is 0.732. The van der Waals surface area contributed by atoms with Gasteiger partial charge in [-0.25, -0.2) is 8.42 Å². The van der Waals surface area contributed by atoms with Crippen LogP contribution in [0.25, 0.3) is 0 Å². The molecule has 1 N–H and O–H groups in total. The molecule has 19 heavy (non-hydrogen) atoms. The van der Waals surface area contributed by atoms with Crippen molar-refractivity contribution in [3.8, 4) is 11.5 Å². The zero-order valence-corrected chi connectivity index (χ0v) is 12.1. The van der Waals surface area contributed by atoms with Crippen LogP contribution in [0, 0.1) is 0 Å². The standard InChI is InChI=1S/C13H20O5S/c1-3-17-13-9-11(10-14)5-6-12(13)18-7-4-8-19(2,15)16/h5-6,9,14H,3-4,7-8,10H2,1-2H3. The van der Waals surface area contributed by atoms with Crippen molar-refractivity contribution in [2.24, 2.45) is 0 Å². The Labute approximate surface area is 114 Å². The van der Waals surface area contributed by atoms with Crippen LogP contribution in [0.4, 0.5) is 0 Å². The lowest BCUT2D eigenvalue weighted by Gasteiger charge is -2.12. The highest BCUT2D eigenvalue weighted by Gasteiger charge is 2.07. The maximum Gasteiger partial charge on any atom is 0.161 e. The summed E-state index contributed by atoms with van der Waals surface area (Å²) in [5.41, 5.74) is 0.743. The van der Waals surface area contributed by atoms with Crippen LogP contribution in [0.1, 0.15) is 18.9 Å². The van der Waals surface area contributed by atoms with Gasteiger partial charge in [0.05, 0.1) is 25.6 Å². The van der Waals surface area contributed by atoms with E-state index in [0.29, 0.717) is 31.1 Å². The molecular weight excluding hydrogens is 268 g/mol. The summed E-state index contributed by atoms with van der Waals surface area (Å²) < 4.78 is 32.9. The Morgan fingerprint density at radius 1 is 1.21 bits per heavy atom. The molecule has 0 heterocycles. The summed E-state index contributed by atoms with van der Waals surface area (Å²) in [7, 11) is -2.95. The second-order valence-electron chi connectivity index (χ2n) is 4.20. The third kappa shape index (κ3) is 5.94. The summed E-state index contributed by atoms with van der Waals surface area (Å²) in [5, 5.41) is 9.06. The summed E-state index contributed by atoms with van der Waals surface area (Å²) in [6.07, 6.45) is 1.64. The fourth-order valence-corrected chi connectivity index (χ4v) is 2.18. The van der Waals surface area contributed by atoms with Gasteiger partial charge < -0.3 is 14.6 Å². The Balaban J connectivity index is 2.61. The molecular formula is C13H20O5S. The van der Waals surface area contributed by atoms with Crippen molar-refractivity contribution in [2.45, 2.75) is 20.0 Å². The molecule has 0 spiro atoms. The van der Waals surface area contributed by atoms with Gasteiger partial charge in [0.1, 0.15) is 9.84 Å². The first kappa shape index (κ1) is 15.8. The van der Waals surface area contributed by atoms with E-state index in [1.54, 1.807) is 18.2 Å². The van der Waals surface area contributed by atoms with Crippen molar-refractivity contribution in [2.75, 3.05) is 25.2 Å². The van der Waals surface area contributed by atoms with Crippen molar-refractivity contribution in [3.05, 3.63) is 23.8 Å². The molecule has 108 valence electrons. The largest absolute Gasteiger partial charge is 0.490 e. The molecule has 0 radical (unpaired) electrons. The first-order valence-electron chi connectivity index (χ1n) is 6.13. The molecule has 0 saturated heterocycles. The molecule has 0 aromatic heterocycles. The summed E-state index contributed by atoms with van der Waals surface area (Å²) in [5.74, 6) is 1.23. The highest BCUT2D eigenvalue weighted by atomic mass is 32.2. The zero-order valence-electron chi connectivity index (χ0n) is 11.3. The van der Waals surface area contributed by atoms with E-state index in [2.05, 4.69) is 0 Å². The van der Waals surface area contributed by atoms with Crippen molar-refractivity contribution >= 4 is 9.84 Å². The first-order chi connectivity index (χ1) is 8.96. The second kappa shape index (κ2) is 7.35. The lowest BCUT2D eigenvalue weighted by molar-refractivity contribution is 0.269. The minimum absolute atomic E-state index is 0.0611. The average molecular weight is 288 g/mol. The Morgan fingerprint density at radius 3 is 2.53 bits per heavy atom. The predicted octanol–water partition coefficient (Wildman–Crippen LogP) is 1.39. The van der Waals surface area contributed by atoms with Crippen molar-refractivity contribution in [1.29, 1.82) is 0 Å². The smallest absolute Gasteiger partial charge is 0.161 e. The van der Waals surface area contributed by atoms with E-state index >= 15 is 0 Å². The number of rotatable bonds is 8. The van der Waals surface area contributed by atoms with Gasteiger partial charge >= 0.3 is 0 Å². The van der Waals surface area contributed by atoms with E-state index in [9.17, 15) is 8.42 Å². The van der Waals surface area contributed by atoms with Gasteiger partial charge in [0.2, 0.25) is 0 Å². The predicted molar refractivity (Wildman–Crippen MR) is 73.4 cm³/mol. The Bertz CT molecular complexity index is 496. The van der Waals surface area contributed by atoms with Gasteiger partial charge in [-0.3, -0.25) is 0 Å². The Morgan fingerprint density at radius 2 is 1.95 bits per heavy atom. The number of hydrogen-bond donors (Lipinski definition) is 1. The fourth-order valence-electron chi connectivity index (χ4n) is 1.54. The minimum atomic E-state index is -2.95. The lowest BCUT2D eigenvalue weighted by atomic mass is 10.2. The van der Waals surface area contributed by atoms with Crippen LogP contribution in [0.3, 0.4) is 0 Å². The molecule has 1 rings (SSSR count). The van der Waals surface area contributed by atoms with E-state index in [0.717, 1.165) is 5.56 Å². The summed E-state index contributed by atoms with van der Waals surface area (Å²) in [4.78, 5) is 0. The van der Waals surface area contributed by atoms with Crippen LogP contribution in [-0.2, 0) is 16.4 Å². The van der Waals surface area contributed by atoms with Crippen molar-refractivity contribution < 1.29 is 23.0 Å². The maximum atomic E-state index is 11.0. The molecule has 6 heteroatoms. The summed E-state index contributed by atoms with van der Waals surface area (Å²) in [6.45, 7) is 2.60. The lowest BCUT2D eigenvalue weighted by Crippen LogP contribution is -2.08. The molecule has 5 nitrogen and oxygen atoms in total. The average Bonchev–Trinajstić information content (AvgIpc) is 2.35. The van der Waals surface area contributed by atoms with Crippen LogP contribution < -0.4 is 9.47 Å². The van der Waals surface area contributed by atoms with Gasteiger partial charge in [-0.2, -0.15) is 0 Å². The minimum Gasteiger partial charge on any atom is -0.490 e. The fraction of sp³-hybridized carbons (Fsp3) is 0.538. The third-order valence-electron chi connectivity index (χ3n) is 2.41. The van der Waals surface area contributed by atoms with Crippen molar-refractivity contribution in [1.82, 2.24) is 0 Å². The SMILES string of the molecule is CCOc1cc(CO)ccc1OCCCS(C)(=O)=O. The highest BCUT2D eigenvalue weighted by molar-refractivity contribution is 7.90. The van der Waals surface area contributed by atoms with E-state index in [1.807, 2.05) is 6.92 Å². The number of hydrogen-bond acceptors (Lipinski definition) is 5. The van der Waals surface area contributed by atoms with Crippen LogP contribution in [-0.4, -0.2) is 38.7 Å². The Kier molecular flexibility index (Phi) is 6.11. The van der Waals surface area contributed by atoms with Crippen molar-refractivity contribution in [3.63, 3.8) is 0 Å². The van der Waals surface area contributed by atoms with Crippen LogP contribution in [0.5, 0.6) is 11.5 Å². The molecule has 1 aromatic carbocycles. The van der Waals surface area contributed by atoms with E-state index in [1.165, 1.54) is 6.26 Å². The van der Waals surface area contributed by atoms with E-state index in [-0.39, 0.29) is 12.4 Å². The zero-order chi connectivity index (χ0) is 14.3. The third-order valence-corrected chi connectivity index (χ3v) is 3.44. The molecule has 0 atom stereocenters. The first-order valence-corrected chi connectivity index (χ1v) is 8.19. The topological polar surface area (TPSA) is 72.8 Å². The van der Waals surface area contributed by atoms with Crippen LogP contribution in [0.2, 0.25) is 0 Å². The molecule has 0 aliphatic carbocycles. The molecule has 1 aromatic rings. The van der Waals surface area contributed by atoms with Crippen LogP contribution >= 0.6 is 0 Å². The van der Waals surface area contributed by atoms with E-state index < -0.39 is 9.84 Å². The molecule has 0 saturated carbocycles. The van der Waals surface area contributed by atoms with Gasteiger partial charge in [0.15, 0.2) is 11.5 Å². The monoisotopic (exact) mass is 288 g/mol.